The van der Waals surface area contributed by atoms with Gasteiger partial charge in [-0.05, 0) is 41.1 Å². The molecule has 2 aromatic carbocycles. The van der Waals surface area contributed by atoms with Crippen LogP contribution in [0.2, 0.25) is 5.02 Å². The maximum atomic E-state index is 12.1. The van der Waals surface area contributed by atoms with Crippen molar-refractivity contribution in [2.24, 2.45) is 0 Å². The van der Waals surface area contributed by atoms with E-state index in [4.69, 9.17) is 11.6 Å². The van der Waals surface area contributed by atoms with Gasteiger partial charge in [-0.25, -0.2) is 0 Å². The van der Waals surface area contributed by atoms with E-state index < -0.39 is 0 Å². The smallest absolute Gasteiger partial charge is 0.214 e. The lowest BCUT2D eigenvalue weighted by molar-refractivity contribution is 0.0982. The Labute approximate surface area is 149 Å². The lowest BCUT2D eigenvalue weighted by Crippen LogP contribution is -2.01. The lowest BCUT2D eigenvalue weighted by atomic mass is 10.1. The summed E-state index contributed by atoms with van der Waals surface area (Å²) >= 11 is 7.43. The van der Waals surface area contributed by atoms with Crippen LogP contribution in [0.25, 0.3) is 5.69 Å². The van der Waals surface area contributed by atoms with Crippen LogP contribution in [-0.4, -0.2) is 31.7 Å². The summed E-state index contributed by atoms with van der Waals surface area (Å²) in [4.78, 5) is 12.1. The maximum Gasteiger partial charge on any atom is 0.214 e. The van der Waals surface area contributed by atoms with E-state index >= 15 is 0 Å². The van der Waals surface area contributed by atoms with Crippen LogP contribution in [0, 0.1) is 0 Å². The normalized spacial score (nSPS) is 10.7. The average molecular weight is 359 g/mol. The van der Waals surface area contributed by atoms with E-state index in [-0.39, 0.29) is 5.78 Å². The molecule has 122 valence electrons. The summed E-state index contributed by atoms with van der Waals surface area (Å²) in [6.07, 6.45) is 1.28. The molecule has 1 heterocycles. The van der Waals surface area contributed by atoms with E-state index in [1.807, 2.05) is 42.5 Å². The standard InChI is InChI=1S/C17H15ClN4OS/c18-14-8-10-15(11-9-14)22-17(19-20-21-22)24-12-4-7-16(23)13-5-2-1-3-6-13/h1-3,5-6,8-11H,4,7,12H2. The van der Waals surface area contributed by atoms with Gasteiger partial charge in [-0.1, -0.05) is 53.7 Å². The number of carbonyl (C=O) groups excluding carboxylic acids is 1. The highest BCUT2D eigenvalue weighted by molar-refractivity contribution is 7.99. The molecule has 3 aromatic rings. The quantitative estimate of drug-likeness (QED) is 0.362. The van der Waals surface area contributed by atoms with Gasteiger partial charge in [-0.2, -0.15) is 4.68 Å². The molecule has 0 unspecified atom stereocenters. The molecule has 1 aromatic heterocycles. The minimum Gasteiger partial charge on any atom is -0.294 e. The van der Waals surface area contributed by atoms with E-state index in [9.17, 15) is 4.79 Å². The molecule has 0 aliphatic carbocycles. The molecule has 0 atom stereocenters. The molecule has 0 N–H and O–H groups in total. The molecule has 5 nitrogen and oxygen atoms in total. The fraction of sp³-hybridized carbons (Fsp3) is 0.176. The van der Waals surface area contributed by atoms with Crippen LogP contribution in [-0.2, 0) is 0 Å². The zero-order chi connectivity index (χ0) is 16.8. The fourth-order valence-electron chi connectivity index (χ4n) is 2.18. The van der Waals surface area contributed by atoms with Crippen molar-refractivity contribution < 1.29 is 4.79 Å². The zero-order valence-corrected chi connectivity index (χ0v) is 14.4. The van der Waals surface area contributed by atoms with Crippen molar-refractivity contribution >= 4 is 29.1 Å². The third-order valence-electron chi connectivity index (χ3n) is 3.39. The Balaban J connectivity index is 1.54. The van der Waals surface area contributed by atoms with Gasteiger partial charge >= 0.3 is 0 Å². The molecule has 0 fully saturated rings. The van der Waals surface area contributed by atoms with Gasteiger partial charge in [0.05, 0.1) is 5.69 Å². The lowest BCUT2D eigenvalue weighted by Gasteiger charge is -2.04. The molecule has 0 aliphatic heterocycles. The number of Topliss-reactive ketones (excluding diaryl/α,β-unsaturated/α-hetero) is 1. The van der Waals surface area contributed by atoms with Gasteiger partial charge in [0.15, 0.2) is 5.78 Å². The summed E-state index contributed by atoms with van der Waals surface area (Å²) in [5.74, 6) is 0.931. The predicted molar refractivity (Wildman–Crippen MR) is 94.9 cm³/mol. The average Bonchev–Trinajstić information content (AvgIpc) is 3.08. The highest BCUT2D eigenvalue weighted by Gasteiger charge is 2.10. The Hall–Kier alpha value is -2.18. The van der Waals surface area contributed by atoms with Gasteiger partial charge in [0.1, 0.15) is 0 Å². The summed E-state index contributed by atoms with van der Waals surface area (Å²) in [5.41, 5.74) is 1.61. The van der Waals surface area contributed by atoms with Crippen molar-refractivity contribution in [1.29, 1.82) is 0 Å². The maximum absolute atomic E-state index is 12.1. The van der Waals surface area contributed by atoms with Gasteiger partial charge < -0.3 is 0 Å². The molecule has 0 spiro atoms. The van der Waals surface area contributed by atoms with Crippen LogP contribution in [0.5, 0.6) is 0 Å². The Morgan fingerprint density at radius 1 is 1.08 bits per heavy atom. The van der Waals surface area contributed by atoms with Gasteiger partial charge in [-0.3, -0.25) is 4.79 Å². The molecule has 7 heteroatoms. The fourth-order valence-corrected chi connectivity index (χ4v) is 3.13. The number of benzene rings is 2. The summed E-state index contributed by atoms with van der Waals surface area (Å²) in [6.45, 7) is 0. The van der Waals surface area contributed by atoms with E-state index in [1.165, 1.54) is 11.8 Å². The van der Waals surface area contributed by atoms with Crippen molar-refractivity contribution in [3.63, 3.8) is 0 Å². The van der Waals surface area contributed by atoms with E-state index in [0.717, 1.165) is 23.4 Å². The first-order chi connectivity index (χ1) is 11.7. The number of aromatic nitrogens is 4. The third-order valence-corrected chi connectivity index (χ3v) is 4.64. The SMILES string of the molecule is O=C(CCCSc1nnnn1-c1ccc(Cl)cc1)c1ccccc1. The first-order valence-electron chi connectivity index (χ1n) is 7.49. The van der Waals surface area contributed by atoms with Crippen LogP contribution < -0.4 is 0 Å². The minimum absolute atomic E-state index is 0.161. The Morgan fingerprint density at radius 2 is 1.83 bits per heavy atom. The number of nitrogens with zero attached hydrogens (tertiary/aromatic N) is 4. The summed E-state index contributed by atoms with van der Waals surface area (Å²) in [7, 11) is 0. The number of hydrogen-bond acceptors (Lipinski definition) is 5. The van der Waals surface area contributed by atoms with E-state index in [1.54, 1.807) is 16.8 Å². The Kier molecular flexibility index (Phi) is 5.61. The second-order valence-electron chi connectivity index (χ2n) is 5.09. The molecule has 0 aliphatic rings. The Morgan fingerprint density at radius 3 is 2.58 bits per heavy atom. The second-order valence-corrected chi connectivity index (χ2v) is 6.59. The van der Waals surface area contributed by atoms with Crippen LogP contribution in [0.4, 0.5) is 0 Å². The molecular formula is C17H15ClN4OS. The number of hydrogen-bond donors (Lipinski definition) is 0. The van der Waals surface area contributed by atoms with Crippen molar-refractivity contribution in [2.75, 3.05) is 5.75 Å². The minimum atomic E-state index is 0.161. The van der Waals surface area contributed by atoms with Crippen molar-refractivity contribution in [1.82, 2.24) is 20.2 Å². The topological polar surface area (TPSA) is 60.7 Å². The molecule has 0 saturated carbocycles. The van der Waals surface area contributed by atoms with Crippen molar-refractivity contribution in [3.05, 3.63) is 65.2 Å². The first-order valence-corrected chi connectivity index (χ1v) is 8.86. The van der Waals surface area contributed by atoms with Gasteiger partial charge in [0.25, 0.3) is 0 Å². The van der Waals surface area contributed by atoms with Crippen LogP contribution in [0.1, 0.15) is 23.2 Å². The Bertz CT molecular complexity index is 805. The number of thioether (sulfide) groups is 1. The summed E-state index contributed by atoms with van der Waals surface area (Å²) < 4.78 is 1.67. The molecule has 3 rings (SSSR count). The zero-order valence-electron chi connectivity index (χ0n) is 12.8. The largest absolute Gasteiger partial charge is 0.294 e. The number of ketones is 1. The van der Waals surface area contributed by atoms with Crippen molar-refractivity contribution in [2.45, 2.75) is 18.0 Å². The van der Waals surface area contributed by atoms with Gasteiger partial charge in [0.2, 0.25) is 5.16 Å². The molecule has 0 radical (unpaired) electrons. The number of tetrazole rings is 1. The molecule has 24 heavy (non-hydrogen) atoms. The van der Waals surface area contributed by atoms with Gasteiger partial charge in [-0.15, -0.1) is 5.10 Å². The van der Waals surface area contributed by atoms with Crippen LogP contribution >= 0.6 is 23.4 Å². The molecule has 0 bridgehead atoms. The highest BCUT2D eigenvalue weighted by Crippen LogP contribution is 2.21. The predicted octanol–water partition coefficient (Wildman–Crippen LogP) is 4.07. The second kappa shape index (κ2) is 8.08. The summed E-state index contributed by atoms with van der Waals surface area (Å²) in [5, 5.41) is 13.1. The number of halogens is 1. The third kappa shape index (κ3) is 4.21. The van der Waals surface area contributed by atoms with Crippen LogP contribution in [0.3, 0.4) is 0 Å². The molecule has 0 saturated heterocycles. The first kappa shape index (κ1) is 16.7. The van der Waals surface area contributed by atoms with Gasteiger partial charge in [0, 0.05) is 22.8 Å². The number of carbonyl (C=O) groups is 1. The van der Waals surface area contributed by atoms with E-state index in [2.05, 4.69) is 15.5 Å². The van der Waals surface area contributed by atoms with Crippen LogP contribution in [0.15, 0.2) is 59.8 Å². The monoisotopic (exact) mass is 358 g/mol. The summed E-state index contributed by atoms with van der Waals surface area (Å²) in [6, 6.07) is 16.7. The van der Waals surface area contributed by atoms with Crippen molar-refractivity contribution in [3.8, 4) is 5.69 Å². The number of rotatable bonds is 7. The van der Waals surface area contributed by atoms with E-state index in [0.29, 0.717) is 16.6 Å². The molecular weight excluding hydrogens is 344 g/mol. The highest BCUT2D eigenvalue weighted by atomic mass is 35.5. The molecule has 0 amide bonds.